The van der Waals surface area contributed by atoms with Gasteiger partial charge in [-0.3, -0.25) is 0 Å². The predicted molar refractivity (Wildman–Crippen MR) is 80.8 cm³/mol. The number of hydrogen-bond acceptors (Lipinski definition) is 0. The van der Waals surface area contributed by atoms with Crippen LogP contribution in [0.3, 0.4) is 0 Å². The first-order valence-electron chi connectivity index (χ1n) is 8.92. The van der Waals surface area contributed by atoms with Crippen LogP contribution in [-0.4, -0.2) is 0 Å². The summed E-state index contributed by atoms with van der Waals surface area (Å²) in [6.07, 6.45) is 21.3. The molecule has 0 atom stereocenters. The molecule has 0 spiro atoms. The van der Waals surface area contributed by atoms with Crippen LogP contribution in [0.25, 0.3) is 0 Å². The normalized spacial score (nSPS) is 23.7. The van der Waals surface area contributed by atoms with Crippen LogP contribution in [0, 0.1) is 17.8 Å². The highest BCUT2D eigenvalue weighted by molar-refractivity contribution is 4.81. The van der Waals surface area contributed by atoms with Crippen LogP contribution in [0.2, 0.25) is 0 Å². The van der Waals surface area contributed by atoms with Gasteiger partial charge >= 0.3 is 0 Å². The van der Waals surface area contributed by atoms with Gasteiger partial charge in [0.2, 0.25) is 0 Å². The molecule has 0 N–H and O–H groups in total. The fourth-order valence-corrected chi connectivity index (χ4v) is 4.61. The maximum absolute atomic E-state index is 2.34. The first-order valence-corrected chi connectivity index (χ1v) is 8.92. The van der Waals surface area contributed by atoms with Crippen molar-refractivity contribution in [2.45, 2.75) is 96.8 Å². The second-order valence-electron chi connectivity index (χ2n) is 6.96. The van der Waals surface area contributed by atoms with Crippen LogP contribution >= 0.6 is 0 Å². The number of unbranched alkanes of at least 4 members (excludes halogenated alkanes) is 2. The minimum Gasteiger partial charge on any atom is -0.0654 e. The van der Waals surface area contributed by atoms with Crippen molar-refractivity contribution < 1.29 is 0 Å². The van der Waals surface area contributed by atoms with Crippen molar-refractivity contribution in [2.24, 2.45) is 17.8 Å². The average molecular weight is 250 g/mol. The van der Waals surface area contributed by atoms with E-state index in [2.05, 4.69) is 6.92 Å². The number of hydrogen-bond donors (Lipinski definition) is 0. The van der Waals surface area contributed by atoms with Crippen LogP contribution in [-0.2, 0) is 0 Å². The largest absolute Gasteiger partial charge is 0.0654 e. The molecule has 0 unspecified atom stereocenters. The SMILES string of the molecule is CCCCCC(C1CCCCC1)C1CCCCC1. The fraction of sp³-hybridized carbons (Fsp3) is 1.00. The van der Waals surface area contributed by atoms with E-state index < -0.39 is 0 Å². The van der Waals surface area contributed by atoms with E-state index in [9.17, 15) is 0 Å². The summed E-state index contributed by atoms with van der Waals surface area (Å²) in [5, 5.41) is 0. The third-order valence-corrected chi connectivity index (χ3v) is 5.65. The molecule has 0 nitrogen and oxygen atoms in total. The van der Waals surface area contributed by atoms with Crippen molar-refractivity contribution in [3.8, 4) is 0 Å². The van der Waals surface area contributed by atoms with Gasteiger partial charge in [0.25, 0.3) is 0 Å². The van der Waals surface area contributed by atoms with E-state index in [0.717, 1.165) is 17.8 Å². The van der Waals surface area contributed by atoms with E-state index in [-0.39, 0.29) is 0 Å². The maximum atomic E-state index is 2.34. The van der Waals surface area contributed by atoms with Crippen molar-refractivity contribution in [3.63, 3.8) is 0 Å². The first kappa shape index (κ1) is 14.4. The van der Waals surface area contributed by atoms with E-state index in [0.29, 0.717) is 0 Å². The van der Waals surface area contributed by atoms with E-state index in [1.165, 1.54) is 57.8 Å². The third kappa shape index (κ3) is 4.28. The molecule has 0 amide bonds. The summed E-state index contributed by atoms with van der Waals surface area (Å²) in [7, 11) is 0. The molecule has 0 aromatic rings. The fourth-order valence-electron chi connectivity index (χ4n) is 4.61. The van der Waals surface area contributed by atoms with Crippen LogP contribution in [0.4, 0.5) is 0 Å². The molecule has 0 aromatic carbocycles. The molecule has 0 heteroatoms. The molecule has 2 saturated carbocycles. The van der Waals surface area contributed by atoms with Gasteiger partial charge in [0.1, 0.15) is 0 Å². The standard InChI is InChI=1S/C18H34/c1-2-3-6-15-18(16-11-7-4-8-12-16)17-13-9-5-10-14-17/h16-18H,2-15H2,1H3. The van der Waals surface area contributed by atoms with Crippen molar-refractivity contribution >= 4 is 0 Å². The Kier molecular flexibility index (Phi) is 6.59. The van der Waals surface area contributed by atoms with Crippen LogP contribution < -0.4 is 0 Å². The zero-order chi connectivity index (χ0) is 12.6. The Morgan fingerprint density at radius 2 is 1.22 bits per heavy atom. The monoisotopic (exact) mass is 250 g/mol. The van der Waals surface area contributed by atoms with Crippen LogP contribution in [0.5, 0.6) is 0 Å². The Morgan fingerprint density at radius 3 is 1.67 bits per heavy atom. The van der Waals surface area contributed by atoms with Crippen molar-refractivity contribution in [1.82, 2.24) is 0 Å². The molecule has 2 aliphatic carbocycles. The Bertz CT molecular complexity index is 178. The molecule has 0 saturated heterocycles. The van der Waals surface area contributed by atoms with Gasteiger partial charge in [-0.1, -0.05) is 90.4 Å². The van der Waals surface area contributed by atoms with Gasteiger partial charge in [0.05, 0.1) is 0 Å². The second-order valence-corrected chi connectivity index (χ2v) is 6.96. The zero-order valence-electron chi connectivity index (χ0n) is 12.6. The molecule has 2 fully saturated rings. The lowest BCUT2D eigenvalue weighted by atomic mass is 9.68. The van der Waals surface area contributed by atoms with Gasteiger partial charge in [-0.25, -0.2) is 0 Å². The minimum atomic E-state index is 1.11. The third-order valence-electron chi connectivity index (χ3n) is 5.65. The van der Waals surface area contributed by atoms with Crippen LogP contribution in [0.15, 0.2) is 0 Å². The average Bonchev–Trinajstić information content (AvgIpc) is 2.46. The molecule has 106 valence electrons. The van der Waals surface area contributed by atoms with E-state index in [1.807, 2.05) is 0 Å². The molecular formula is C18H34. The maximum Gasteiger partial charge on any atom is -0.0357 e. The summed E-state index contributed by atoms with van der Waals surface area (Å²) in [6, 6.07) is 0. The second kappa shape index (κ2) is 8.23. The molecule has 0 radical (unpaired) electrons. The first-order chi connectivity index (χ1) is 8.92. The lowest BCUT2D eigenvalue weighted by Gasteiger charge is -2.38. The summed E-state index contributed by atoms with van der Waals surface area (Å²) in [6.45, 7) is 2.34. The van der Waals surface area contributed by atoms with Crippen molar-refractivity contribution in [1.29, 1.82) is 0 Å². The Balaban J connectivity index is 1.87. The quantitative estimate of drug-likeness (QED) is 0.482. The molecule has 2 aliphatic rings. The smallest absolute Gasteiger partial charge is 0.0357 e. The summed E-state index contributed by atoms with van der Waals surface area (Å²) >= 11 is 0. The van der Waals surface area contributed by atoms with Gasteiger partial charge in [0, 0.05) is 0 Å². The molecule has 2 rings (SSSR count). The molecule has 0 bridgehead atoms. The summed E-state index contributed by atoms with van der Waals surface area (Å²) in [5.74, 6) is 3.33. The highest BCUT2D eigenvalue weighted by Crippen LogP contribution is 2.42. The lowest BCUT2D eigenvalue weighted by molar-refractivity contribution is 0.132. The molecule has 0 aliphatic heterocycles. The summed E-state index contributed by atoms with van der Waals surface area (Å²) in [5.41, 5.74) is 0. The zero-order valence-corrected chi connectivity index (χ0v) is 12.6. The van der Waals surface area contributed by atoms with E-state index in [4.69, 9.17) is 0 Å². The van der Waals surface area contributed by atoms with E-state index in [1.54, 1.807) is 32.1 Å². The Hall–Kier alpha value is 0. The van der Waals surface area contributed by atoms with Crippen molar-refractivity contribution in [2.75, 3.05) is 0 Å². The summed E-state index contributed by atoms with van der Waals surface area (Å²) < 4.78 is 0. The minimum absolute atomic E-state index is 1.11. The van der Waals surface area contributed by atoms with Gasteiger partial charge in [-0.15, -0.1) is 0 Å². The highest BCUT2D eigenvalue weighted by Gasteiger charge is 2.30. The predicted octanol–water partition coefficient (Wildman–Crippen LogP) is 6.34. The molecule has 0 heterocycles. The molecule has 18 heavy (non-hydrogen) atoms. The Morgan fingerprint density at radius 1 is 0.722 bits per heavy atom. The highest BCUT2D eigenvalue weighted by atomic mass is 14.4. The Labute approximate surface area is 115 Å². The molecular weight excluding hydrogens is 216 g/mol. The van der Waals surface area contributed by atoms with Gasteiger partial charge < -0.3 is 0 Å². The van der Waals surface area contributed by atoms with Gasteiger partial charge in [-0.2, -0.15) is 0 Å². The van der Waals surface area contributed by atoms with Crippen LogP contribution in [0.1, 0.15) is 96.8 Å². The summed E-state index contributed by atoms with van der Waals surface area (Å²) in [4.78, 5) is 0. The van der Waals surface area contributed by atoms with Gasteiger partial charge in [0.15, 0.2) is 0 Å². The lowest BCUT2D eigenvalue weighted by Crippen LogP contribution is -2.27. The number of rotatable bonds is 6. The molecule has 0 aromatic heterocycles. The van der Waals surface area contributed by atoms with Gasteiger partial charge in [-0.05, 0) is 24.2 Å². The topological polar surface area (TPSA) is 0 Å². The van der Waals surface area contributed by atoms with Crippen molar-refractivity contribution in [3.05, 3.63) is 0 Å². The van der Waals surface area contributed by atoms with E-state index >= 15 is 0 Å².